The Morgan fingerprint density at radius 1 is 1.41 bits per heavy atom. The predicted molar refractivity (Wildman–Crippen MR) is 55.7 cm³/mol. The first kappa shape index (κ1) is 11.6. The van der Waals surface area contributed by atoms with Crippen molar-refractivity contribution in [1.82, 2.24) is 0 Å². The van der Waals surface area contributed by atoms with Crippen LogP contribution in [0.2, 0.25) is 0 Å². The van der Waals surface area contributed by atoms with Crippen molar-refractivity contribution in [2.45, 2.75) is 32.1 Å². The predicted octanol–water partition coefficient (Wildman–Crippen LogP) is 0.0122. The Bertz CT molecular complexity index is 540. The van der Waals surface area contributed by atoms with Crippen LogP contribution < -0.4 is 10.7 Å². The van der Waals surface area contributed by atoms with Gasteiger partial charge >= 0.3 is 5.63 Å². The van der Waals surface area contributed by atoms with E-state index in [0.717, 1.165) is 6.07 Å². The zero-order valence-electron chi connectivity index (χ0n) is 9.32. The summed E-state index contributed by atoms with van der Waals surface area (Å²) in [5.41, 5.74) is -0.157. The standard InChI is InChI=1S/C12H12O5/c1-6(12(15)16)7-5-10(14)17-9-4-2-3-8(13)11(7)9/h5-6H,2-4H2,1H3,(H,15,16)/p-1. The van der Waals surface area contributed by atoms with Crippen molar-refractivity contribution in [2.75, 3.05) is 0 Å². The van der Waals surface area contributed by atoms with Crippen molar-refractivity contribution in [2.24, 2.45) is 0 Å². The topological polar surface area (TPSA) is 87.4 Å². The van der Waals surface area contributed by atoms with E-state index in [-0.39, 0.29) is 16.9 Å². The third-order valence-electron chi connectivity index (χ3n) is 2.97. The second-order valence-electron chi connectivity index (χ2n) is 4.14. The normalized spacial score (nSPS) is 16.4. The molecule has 0 radical (unpaired) electrons. The van der Waals surface area contributed by atoms with E-state index in [1.165, 1.54) is 6.92 Å². The molecule has 5 nitrogen and oxygen atoms in total. The summed E-state index contributed by atoms with van der Waals surface area (Å²) in [7, 11) is 0. The average molecular weight is 235 g/mol. The fraction of sp³-hybridized carbons (Fsp3) is 0.417. The van der Waals surface area contributed by atoms with Crippen LogP contribution in [0.15, 0.2) is 15.3 Å². The van der Waals surface area contributed by atoms with Gasteiger partial charge in [0.25, 0.3) is 0 Å². The molecule has 90 valence electrons. The van der Waals surface area contributed by atoms with Crippen LogP contribution >= 0.6 is 0 Å². The maximum atomic E-state index is 11.8. The van der Waals surface area contributed by atoms with Crippen LogP contribution in [-0.2, 0) is 11.2 Å². The number of carbonyl (C=O) groups excluding carboxylic acids is 2. The van der Waals surface area contributed by atoms with Gasteiger partial charge in [-0.3, -0.25) is 4.79 Å². The zero-order chi connectivity index (χ0) is 12.6. The van der Waals surface area contributed by atoms with E-state index >= 15 is 0 Å². The molecule has 5 heteroatoms. The maximum absolute atomic E-state index is 11.8. The quantitative estimate of drug-likeness (QED) is 0.720. The molecule has 1 aromatic rings. The number of rotatable bonds is 2. The highest BCUT2D eigenvalue weighted by Gasteiger charge is 2.26. The van der Waals surface area contributed by atoms with Crippen LogP contribution in [-0.4, -0.2) is 11.8 Å². The second kappa shape index (κ2) is 4.16. The lowest BCUT2D eigenvalue weighted by atomic mass is 9.87. The van der Waals surface area contributed by atoms with Crippen LogP contribution in [0, 0.1) is 0 Å². The Hall–Kier alpha value is -1.91. The molecule has 0 saturated heterocycles. The van der Waals surface area contributed by atoms with Crippen molar-refractivity contribution in [3.8, 4) is 0 Å². The molecule has 1 aliphatic carbocycles. The fourth-order valence-electron chi connectivity index (χ4n) is 2.06. The second-order valence-corrected chi connectivity index (χ2v) is 4.14. The lowest BCUT2D eigenvalue weighted by Crippen LogP contribution is -2.30. The fourth-order valence-corrected chi connectivity index (χ4v) is 2.06. The number of carboxylic acids is 1. The molecule has 1 unspecified atom stereocenters. The SMILES string of the molecule is CC(C(=O)[O-])c1cc(=O)oc2c1C(=O)CCC2. The number of aliphatic carboxylic acids is 1. The number of carbonyl (C=O) groups is 2. The van der Waals surface area contributed by atoms with Gasteiger partial charge in [-0.2, -0.15) is 0 Å². The smallest absolute Gasteiger partial charge is 0.336 e. The van der Waals surface area contributed by atoms with E-state index < -0.39 is 17.5 Å². The van der Waals surface area contributed by atoms with Gasteiger partial charge in [-0.25, -0.2) is 4.79 Å². The Balaban J connectivity index is 2.66. The van der Waals surface area contributed by atoms with Gasteiger partial charge in [0, 0.05) is 30.8 Å². The molecule has 0 spiro atoms. The first-order chi connectivity index (χ1) is 8.00. The summed E-state index contributed by atoms with van der Waals surface area (Å²) in [6.45, 7) is 1.40. The van der Waals surface area contributed by atoms with Gasteiger partial charge in [-0.05, 0) is 12.0 Å². The summed E-state index contributed by atoms with van der Waals surface area (Å²) >= 11 is 0. The minimum atomic E-state index is -1.31. The molecule has 1 aromatic heterocycles. The lowest BCUT2D eigenvalue weighted by Gasteiger charge is -2.20. The molecule has 1 heterocycles. The minimum Gasteiger partial charge on any atom is -0.550 e. The van der Waals surface area contributed by atoms with Crippen LogP contribution in [0.1, 0.15) is 47.4 Å². The van der Waals surface area contributed by atoms with Gasteiger partial charge in [0.2, 0.25) is 0 Å². The van der Waals surface area contributed by atoms with Crippen LogP contribution in [0.4, 0.5) is 0 Å². The van der Waals surface area contributed by atoms with Crippen LogP contribution in [0.25, 0.3) is 0 Å². The molecular weight excluding hydrogens is 224 g/mol. The molecule has 0 N–H and O–H groups in total. The Labute approximate surface area is 97.1 Å². The summed E-state index contributed by atoms with van der Waals surface area (Å²) in [5, 5.41) is 10.8. The Kier molecular flexibility index (Phi) is 2.83. The van der Waals surface area contributed by atoms with Gasteiger partial charge in [-0.15, -0.1) is 0 Å². The van der Waals surface area contributed by atoms with Gasteiger partial charge < -0.3 is 14.3 Å². The van der Waals surface area contributed by atoms with E-state index in [9.17, 15) is 19.5 Å². The lowest BCUT2D eigenvalue weighted by molar-refractivity contribution is -0.307. The molecule has 0 aromatic carbocycles. The number of aryl methyl sites for hydroxylation is 1. The highest BCUT2D eigenvalue weighted by atomic mass is 16.4. The van der Waals surface area contributed by atoms with Crippen LogP contribution in [0.5, 0.6) is 0 Å². The van der Waals surface area contributed by atoms with E-state index in [4.69, 9.17) is 4.42 Å². The van der Waals surface area contributed by atoms with Gasteiger partial charge in [0.1, 0.15) is 5.76 Å². The number of Topliss-reactive ketones (excluding diaryl/α,β-unsaturated/α-hetero) is 1. The Morgan fingerprint density at radius 3 is 2.76 bits per heavy atom. The minimum absolute atomic E-state index is 0.168. The van der Waals surface area contributed by atoms with Crippen molar-refractivity contribution < 1.29 is 19.1 Å². The van der Waals surface area contributed by atoms with E-state index in [1.807, 2.05) is 0 Å². The van der Waals surface area contributed by atoms with Crippen LogP contribution in [0.3, 0.4) is 0 Å². The van der Waals surface area contributed by atoms with Crippen molar-refractivity contribution in [1.29, 1.82) is 0 Å². The maximum Gasteiger partial charge on any atom is 0.336 e. The summed E-state index contributed by atoms with van der Waals surface area (Å²) in [5.74, 6) is -2.17. The molecule has 1 aliphatic rings. The third-order valence-corrected chi connectivity index (χ3v) is 2.97. The molecule has 17 heavy (non-hydrogen) atoms. The summed E-state index contributed by atoms with van der Waals surface area (Å²) < 4.78 is 4.95. The van der Waals surface area contributed by atoms with Gasteiger partial charge in [0.15, 0.2) is 5.78 Å². The monoisotopic (exact) mass is 235 g/mol. The number of fused-ring (bicyclic) bond motifs is 1. The van der Waals surface area contributed by atoms with E-state index in [0.29, 0.717) is 25.0 Å². The summed E-state index contributed by atoms with van der Waals surface area (Å²) in [6, 6.07) is 1.07. The van der Waals surface area contributed by atoms with Crippen molar-refractivity contribution in [3.63, 3.8) is 0 Å². The molecule has 0 fully saturated rings. The number of ketones is 1. The molecule has 0 amide bonds. The average Bonchev–Trinajstić information content (AvgIpc) is 2.26. The Morgan fingerprint density at radius 2 is 2.12 bits per heavy atom. The first-order valence-electron chi connectivity index (χ1n) is 5.41. The first-order valence-corrected chi connectivity index (χ1v) is 5.41. The molecule has 0 bridgehead atoms. The molecule has 0 aliphatic heterocycles. The largest absolute Gasteiger partial charge is 0.550 e. The van der Waals surface area contributed by atoms with E-state index in [1.54, 1.807) is 0 Å². The summed E-state index contributed by atoms with van der Waals surface area (Å²) in [6.07, 6.45) is 1.47. The number of hydrogen-bond acceptors (Lipinski definition) is 5. The molecular formula is C12H11O5-. The van der Waals surface area contributed by atoms with Gasteiger partial charge in [0.05, 0.1) is 5.56 Å². The molecule has 1 atom stereocenters. The van der Waals surface area contributed by atoms with Gasteiger partial charge in [-0.1, -0.05) is 6.92 Å². The van der Waals surface area contributed by atoms with Crippen molar-refractivity contribution >= 4 is 11.8 Å². The molecule has 2 rings (SSSR count). The third kappa shape index (κ3) is 2.00. The molecule has 0 saturated carbocycles. The number of hydrogen-bond donors (Lipinski definition) is 0. The highest BCUT2D eigenvalue weighted by Crippen LogP contribution is 2.27. The highest BCUT2D eigenvalue weighted by molar-refractivity contribution is 6.00. The zero-order valence-corrected chi connectivity index (χ0v) is 9.32. The summed E-state index contributed by atoms with van der Waals surface area (Å²) in [4.78, 5) is 33.9. The number of carboxylic acid groups (broad SMARTS) is 1. The van der Waals surface area contributed by atoms with Crippen molar-refractivity contribution in [3.05, 3.63) is 33.4 Å². The van der Waals surface area contributed by atoms with E-state index in [2.05, 4.69) is 0 Å².